The highest BCUT2D eigenvalue weighted by molar-refractivity contribution is 5.96. The van der Waals surface area contributed by atoms with Crippen LogP contribution in [-0.4, -0.2) is 103 Å². The number of rotatable bonds is 16. The summed E-state index contributed by atoms with van der Waals surface area (Å²) in [5, 5.41) is 10.4. The molecule has 3 N–H and O–H groups in total. The van der Waals surface area contributed by atoms with Crippen molar-refractivity contribution in [2.75, 3.05) is 63.0 Å². The summed E-state index contributed by atoms with van der Waals surface area (Å²) in [7, 11) is 0. The molecule has 0 bridgehead atoms. The number of benzene rings is 4. The summed E-state index contributed by atoms with van der Waals surface area (Å²) in [6.07, 6.45) is 3.96. The van der Waals surface area contributed by atoms with E-state index in [-0.39, 0.29) is 23.9 Å². The van der Waals surface area contributed by atoms with Crippen molar-refractivity contribution in [3.63, 3.8) is 0 Å². The Balaban J connectivity index is 0.000000237. The number of nitrogens with zero attached hydrogens (tertiary/aromatic N) is 3. The first-order chi connectivity index (χ1) is 29.4. The van der Waals surface area contributed by atoms with E-state index in [2.05, 4.69) is 16.0 Å². The minimum atomic E-state index is -0.526. The summed E-state index contributed by atoms with van der Waals surface area (Å²) >= 11 is 0. The number of hydrogen-bond acceptors (Lipinski definition) is 9. The second-order valence-electron chi connectivity index (χ2n) is 16.2. The van der Waals surface area contributed by atoms with Gasteiger partial charge in [-0.15, -0.1) is 0 Å². The Kier molecular flexibility index (Phi) is 17.3. The molecule has 12 heteroatoms. The molecule has 2 fully saturated rings. The molecule has 0 unspecified atom stereocenters. The number of hydrogen-bond donors (Lipinski definition) is 3. The molecule has 2 atom stereocenters. The van der Waals surface area contributed by atoms with Gasteiger partial charge in [-0.1, -0.05) is 36.4 Å². The van der Waals surface area contributed by atoms with Gasteiger partial charge >= 0.3 is 6.09 Å². The maximum Gasteiger partial charge on any atom is 0.410 e. The average molecular weight is 835 g/mol. The van der Waals surface area contributed by atoms with Crippen LogP contribution in [0.2, 0.25) is 0 Å². The van der Waals surface area contributed by atoms with Gasteiger partial charge in [-0.05, 0) is 141 Å². The Morgan fingerprint density at radius 1 is 0.672 bits per heavy atom. The molecular weight excluding hydrogens is 769 g/mol. The van der Waals surface area contributed by atoms with Gasteiger partial charge in [-0.25, -0.2) is 4.79 Å². The molecule has 2 aliphatic rings. The summed E-state index contributed by atoms with van der Waals surface area (Å²) in [6.45, 7) is 19.4. The highest BCUT2D eigenvalue weighted by Gasteiger charge is 2.32. The molecule has 3 amide bonds. The van der Waals surface area contributed by atoms with E-state index in [1.807, 2.05) is 144 Å². The van der Waals surface area contributed by atoms with E-state index in [4.69, 9.17) is 14.2 Å². The van der Waals surface area contributed by atoms with E-state index in [0.29, 0.717) is 73.7 Å². The van der Waals surface area contributed by atoms with Crippen LogP contribution < -0.4 is 25.4 Å². The van der Waals surface area contributed by atoms with Crippen LogP contribution in [0.3, 0.4) is 0 Å². The molecule has 61 heavy (non-hydrogen) atoms. The lowest BCUT2D eigenvalue weighted by Crippen LogP contribution is -2.42. The number of amides is 3. The van der Waals surface area contributed by atoms with E-state index in [0.717, 1.165) is 43.1 Å². The van der Waals surface area contributed by atoms with Crippen LogP contribution in [-0.2, 0) is 4.74 Å². The molecule has 12 nitrogen and oxygen atoms in total. The van der Waals surface area contributed by atoms with Crippen molar-refractivity contribution >= 4 is 29.3 Å². The van der Waals surface area contributed by atoms with Gasteiger partial charge in [0, 0.05) is 63.0 Å². The van der Waals surface area contributed by atoms with Crippen LogP contribution in [0.15, 0.2) is 97.1 Å². The summed E-state index contributed by atoms with van der Waals surface area (Å²) in [6, 6.07) is 30.8. The highest BCUT2D eigenvalue weighted by Crippen LogP contribution is 2.33. The minimum absolute atomic E-state index is 0.0245. The second kappa shape index (κ2) is 22.7. The fraction of sp³-hybridized carbons (Fsp3) is 0.449. The summed E-state index contributed by atoms with van der Waals surface area (Å²) in [4.78, 5) is 43.7. The average Bonchev–Trinajstić information content (AvgIpc) is 3.97. The SMILES string of the molecule is CCN(CC)C(=O)c1ccc(NC[C@@H]2CCCN2)c(Oc2ccccc2)c1.CCN(CC)C(=O)c1ccc(NC[C@@H]2CCCN2C(=O)OC(C)(C)C)c(Oc2ccccc2)c1. The Morgan fingerprint density at radius 3 is 1.61 bits per heavy atom. The molecular formula is C49H66N6O6. The maximum atomic E-state index is 12.9. The van der Waals surface area contributed by atoms with Gasteiger partial charge in [0.2, 0.25) is 0 Å². The van der Waals surface area contributed by atoms with Gasteiger partial charge < -0.3 is 44.9 Å². The number of nitrogens with one attached hydrogen (secondary N) is 3. The largest absolute Gasteiger partial charge is 0.455 e. The Bertz CT molecular complexity index is 1990. The molecule has 0 spiro atoms. The Labute approximate surface area is 362 Å². The zero-order chi connectivity index (χ0) is 43.8. The zero-order valence-corrected chi connectivity index (χ0v) is 37.2. The van der Waals surface area contributed by atoms with Crippen LogP contribution in [0.25, 0.3) is 0 Å². The van der Waals surface area contributed by atoms with Crippen LogP contribution in [0.1, 0.15) is 94.9 Å². The number of likely N-dealkylation sites (tertiary alicyclic amines) is 1. The molecule has 0 aliphatic carbocycles. The van der Waals surface area contributed by atoms with Gasteiger partial charge in [-0.2, -0.15) is 0 Å². The Hall–Kier alpha value is -5.75. The third-order valence-electron chi connectivity index (χ3n) is 10.7. The number of para-hydroxylation sites is 2. The lowest BCUT2D eigenvalue weighted by molar-refractivity contribution is 0.0234. The first-order valence-electron chi connectivity index (χ1n) is 22.0. The van der Waals surface area contributed by atoms with Crippen molar-refractivity contribution in [1.82, 2.24) is 20.0 Å². The molecule has 328 valence electrons. The lowest BCUT2D eigenvalue weighted by Gasteiger charge is -2.29. The topological polar surface area (TPSA) is 125 Å². The first kappa shape index (κ1) is 46.3. The van der Waals surface area contributed by atoms with Crippen LogP contribution in [0, 0.1) is 0 Å². The van der Waals surface area contributed by atoms with Crippen LogP contribution in [0.5, 0.6) is 23.0 Å². The molecule has 2 saturated heterocycles. The number of anilines is 2. The van der Waals surface area contributed by atoms with E-state index in [1.54, 1.807) is 15.9 Å². The summed E-state index contributed by atoms with van der Waals surface area (Å²) < 4.78 is 17.9. The molecule has 6 rings (SSSR count). The van der Waals surface area contributed by atoms with Gasteiger partial charge in [0.25, 0.3) is 11.8 Å². The van der Waals surface area contributed by atoms with E-state index >= 15 is 0 Å². The first-order valence-corrected chi connectivity index (χ1v) is 22.0. The fourth-order valence-electron chi connectivity index (χ4n) is 7.39. The van der Waals surface area contributed by atoms with Crippen LogP contribution >= 0.6 is 0 Å². The van der Waals surface area contributed by atoms with Crippen molar-refractivity contribution in [2.45, 2.75) is 91.8 Å². The van der Waals surface area contributed by atoms with E-state index < -0.39 is 5.60 Å². The molecule has 0 saturated carbocycles. The zero-order valence-electron chi connectivity index (χ0n) is 37.2. The molecule has 4 aromatic rings. The highest BCUT2D eigenvalue weighted by atomic mass is 16.6. The van der Waals surface area contributed by atoms with Crippen molar-refractivity contribution in [3.8, 4) is 23.0 Å². The molecule has 4 aromatic carbocycles. The van der Waals surface area contributed by atoms with Gasteiger partial charge in [-0.3, -0.25) is 9.59 Å². The summed E-state index contributed by atoms with van der Waals surface area (Å²) in [5.41, 5.74) is 2.38. The monoisotopic (exact) mass is 835 g/mol. The second-order valence-corrected chi connectivity index (χ2v) is 16.2. The molecule has 0 radical (unpaired) electrons. The third kappa shape index (κ3) is 13.6. The normalized spacial score (nSPS) is 15.9. The predicted octanol–water partition coefficient (Wildman–Crippen LogP) is 9.90. The summed E-state index contributed by atoms with van der Waals surface area (Å²) in [5.74, 6) is 2.70. The standard InChI is InChI=1S/C27H37N3O4.C22H29N3O2/c1-6-29(7-2)25(31)20-15-16-23(24(18-20)33-22-13-9-8-10-14-22)28-19-21-12-11-17-30(21)26(32)34-27(3,4)5;1-3-25(4-2)22(26)17-12-13-20(24-16-18-9-8-14-23-18)21(15-17)27-19-10-6-5-7-11-19/h8-10,13-16,18,21,28H,6-7,11-12,17,19H2,1-5H3;5-7,10-13,15,18,23-24H,3-4,8-9,14,16H2,1-2H3/t21-;18-/m00/s1. The van der Waals surface area contributed by atoms with Crippen molar-refractivity contribution < 1.29 is 28.6 Å². The quantitative estimate of drug-likeness (QED) is 0.101. The molecule has 0 aromatic heterocycles. The van der Waals surface area contributed by atoms with E-state index in [9.17, 15) is 14.4 Å². The van der Waals surface area contributed by atoms with Crippen molar-refractivity contribution in [3.05, 3.63) is 108 Å². The van der Waals surface area contributed by atoms with E-state index in [1.165, 1.54) is 12.8 Å². The molecule has 2 heterocycles. The smallest absolute Gasteiger partial charge is 0.410 e. The van der Waals surface area contributed by atoms with Crippen LogP contribution in [0.4, 0.5) is 16.2 Å². The number of ether oxygens (including phenoxy) is 3. The number of carbonyl (C=O) groups excluding carboxylic acids is 3. The lowest BCUT2D eigenvalue weighted by atomic mass is 10.1. The van der Waals surface area contributed by atoms with Gasteiger partial charge in [0.1, 0.15) is 17.1 Å². The fourth-order valence-corrected chi connectivity index (χ4v) is 7.39. The Morgan fingerprint density at radius 2 is 1.16 bits per heavy atom. The minimum Gasteiger partial charge on any atom is -0.455 e. The van der Waals surface area contributed by atoms with Gasteiger partial charge in [0.15, 0.2) is 11.5 Å². The molecule has 2 aliphatic heterocycles. The third-order valence-corrected chi connectivity index (χ3v) is 10.7. The number of carbonyl (C=O) groups is 3. The van der Waals surface area contributed by atoms with Crippen molar-refractivity contribution in [2.24, 2.45) is 0 Å². The predicted molar refractivity (Wildman–Crippen MR) is 244 cm³/mol. The maximum absolute atomic E-state index is 12.9. The van der Waals surface area contributed by atoms with Crippen molar-refractivity contribution in [1.29, 1.82) is 0 Å². The van der Waals surface area contributed by atoms with Gasteiger partial charge in [0.05, 0.1) is 17.4 Å².